The molecule has 19 heavy (non-hydrogen) atoms. The molecule has 0 aliphatic rings. The summed E-state index contributed by atoms with van der Waals surface area (Å²) in [6.07, 6.45) is 0.613. The Labute approximate surface area is 113 Å². The minimum Gasteiger partial charge on any atom is -0.166 e. The van der Waals surface area contributed by atoms with E-state index in [9.17, 15) is 13.2 Å². The molecule has 0 aliphatic heterocycles. The van der Waals surface area contributed by atoms with Gasteiger partial charge in [-0.3, -0.25) is 0 Å². The molecule has 0 amide bonds. The van der Waals surface area contributed by atoms with E-state index in [1.165, 1.54) is 6.07 Å². The monoisotopic (exact) mass is 280 g/mol. The smallest absolute Gasteiger partial charge is 0.166 e. The summed E-state index contributed by atoms with van der Waals surface area (Å²) in [6, 6.07) is 10.5. The van der Waals surface area contributed by atoms with Crippen LogP contribution in [0, 0.1) is 12.3 Å². The van der Waals surface area contributed by atoms with Crippen molar-refractivity contribution in [1.29, 1.82) is 0 Å². The third-order valence-corrected chi connectivity index (χ3v) is 2.87. The summed E-state index contributed by atoms with van der Waals surface area (Å²) in [4.78, 5) is 0. The van der Waals surface area contributed by atoms with E-state index in [0.717, 1.165) is 6.07 Å². The molecule has 0 saturated carbocycles. The van der Waals surface area contributed by atoms with E-state index in [4.69, 9.17) is 18.0 Å². The van der Waals surface area contributed by atoms with Gasteiger partial charge in [-0.2, -0.15) is 13.2 Å². The van der Waals surface area contributed by atoms with E-state index in [1.54, 1.807) is 30.3 Å². The Morgan fingerprint density at radius 3 is 2.26 bits per heavy atom. The summed E-state index contributed by atoms with van der Waals surface area (Å²) in [5.41, 5.74) is 0.0566. The SMILES string of the molecule is C#Cc1ccc(-c2cccc(Cl)c2)cc1C(F)(F)F. The number of hydrogen-bond acceptors (Lipinski definition) is 0. The predicted octanol–water partition coefficient (Wildman–Crippen LogP) is 5.01. The standard InChI is InChI=1S/C15H8ClF3/c1-2-10-6-7-12(9-14(10)15(17,18)19)11-4-3-5-13(16)8-11/h1,3-9H. The van der Waals surface area contributed by atoms with Crippen molar-refractivity contribution < 1.29 is 13.2 Å². The Bertz CT molecular complexity index is 651. The second kappa shape index (κ2) is 4.99. The molecule has 0 spiro atoms. The molecule has 0 aromatic heterocycles. The number of benzene rings is 2. The fourth-order valence-corrected chi connectivity index (χ4v) is 1.94. The summed E-state index contributed by atoms with van der Waals surface area (Å²) in [7, 11) is 0. The van der Waals surface area contributed by atoms with Crippen molar-refractivity contribution in [2.45, 2.75) is 6.18 Å². The van der Waals surface area contributed by atoms with Gasteiger partial charge in [0, 0.05) is 10.6 Å². The van der Waals surface area contributed by atoms with Crippen LogP contribution in [0.15, 0.2) is 42.5 Å². The van der Waals surface area contributed by atoms with Crippen molar-refractivity contribution >= 4 is 11.6 Å². The molecule has 96 valence electrons. The largest absolute Gasteiger partial charge is 0.417 e. The van der Waals surface area contributed by atoms with Crippen LogP contribution in [0.2, 0.25) is 5.02 Å². The molecule has 0 nitrogen and oxygen atoms in total. The van der Waals surface area contributed by atoms with Crippen LogP contribution in [-0.4, -0.2) is 0 Å². The maximum Gasteiger partial charge on any atom is 0.417 e. The summed E-state index contributed by atoms with van der Waals surface area (Å²) in [5, 5.41) is 0.465. The van der Waals surface area contributed by atoms with Gasteiger partial charge in [-0.05, 0) is 35.4 Å². The number of alkyl halides is 3. The zero-order valence-corrected chi connectivity index (χ0v) is 10.4. The Hall–Kier alpha value is -1.92. The molecule has 4 heteroatoms. The third kappa shape index (κ3) is 2.91. The molecule has 0 heterocycles. The van der Waals surface area contributed by atoms with E-state index >= 15 is 0 Å². The van der Waals surface area contributed by atoms with Crippen molar-refractivity contribution in [3.05, 3.63) is 58.6 Å². The number of hydrogen-bond donors (Lipinski definition) is 0. The van der Waals surface area contributed by atoms with Gasteiger partial charge in [-0.1, -0.05) is 35.7 Å². The van der Waals surface area contributed by atoms with Crippen LogP contribution >= 0.6 is 11.6 Å². The molecule has 0 atom stereocenters. The fourth-order valence-electron chi connectivity index (χ4n) is 1.75. The van der Waals surface area contributed by atoms with E-state index < -0.39 is 11.7 Å². The summed E-state index contributed by atoms with van der Waals surface area (Å²) < 4.78 is 38.7. The maximum absolute atomic E-state index is 12.9. The minimum atomic E-state index is -4.48. The van der Waals surface area contributed by atoms with Crippen LogP contribution < -0.4 is 0 Å². The molecule has 0 bridgehead atoms. The van der Waals surface area contributed by atoms with Crippen LogP contribution in [0.5, 0.6) is 0 Å². The molecule has 0 saturated heterocycles. The van der Waals surface area contributed by atoms with E-state index in [0.29, 0.717) is 16.1 Å². The lowest BCUT2D eigenvalue weighted by Gasteiger charge is -2.11. The highest BCUT2D eigenvalue weighted by atomic mass is 35.5. The Morgan fingerprint density at radius 1 is 1.00 bits per heavy atom. The highest BCUT2D eigenvalue weighted by Crippen LogP contribution is 2.35. The average Bonchev–Trinajstić information content (AvgIpc) is 2.37. The summed E-state index contributed by atoms with van der Waals surface area (Å²) in [5.74, 6) is 2.05. The van der Waals surface area contributed by atoms with Gasteiger partial charge >= 0.3 is 6.18 Å². The first kappa shape index (κ1) is 13.5. The second-order valence-corrected chi connectivity index (χ2v) is 4.35. The Kier molecular flexibility index (Phi) is 3.55. The average molecular weight is 281 g/mol. The van der Waals surface area contributed by atoms with Crippen molar-refractivity contribution in [2.75, 3.05) is 0 Å². The number of terminal acetylenes is 1. The lowest BCUT2D eigenvalue weighted by atomic mass is 9.99. The Balaban J connectivity index is 2.59. The molecule has 0 aliphatic carbocycles. The highest BCUT2D eigenvalue weighted by Gasteiger charge is 2.33. The fraction of sp³-hybridized carbons (Fsp3) is 0.0667. The summed E-state index contributed by atoms with van der Waals surface area (Å²) >= 11 is 5.83. The highest BCUT2D eigenvalue weighted by molar-refractivity contribution is 6.30. The first-order valence-corrected chi connectivity index (χ1v) is 5.73. The van der Waals surface area contributed by atoms with Gasteiger partial charge in [-0.25, -0.2) is 0 Å². The van der Waals surface area contributed by atoms with Crippen molar-refractivity contribution in [3.63, 3.8) is 0 Å². The lowest BCUT2D eigenvalue weighted by molar-refractivity contribution is -0.137. The van der Waals surface area contributed by atoms with E-state index in [-0.39, 0.29) is 5.56 Å². The van der Waals surface area contributed by atoms with Crippen molar-refractivity contribution in [2.24, 2.45) is 0 Å². The first-order valence-electron chi connectivity index (χ1n) is 5.35. The molecule has 0 N–H and O–H groups in total. The minimum absolute atomic E-state index is 0.168. The predicted molar refractivity (Wildman–Crippen MR) is 69.8 cm³/mol. The zero-order valence-electron chi connectivity index (χ0n) is 9.63. The molecule has 0 unspecified atom stereocenters. The molecule has 0 fully saturated rings. The van der Waals surface area contributed by atoms with Gasteiger partial charge in [0.25, 0.3) is 0 Å². The van der Waals surface area contributed by atoms with E-state index in [2.05, 4.69) is 0 Å². The lowest BCUT2D eigenvalue weighted by Crippen LogP contribution is -2.07. The first-order chi connectivity index (χ1) is 8.91. The van der Waals surface area contributed by atoms with Gasteiger partial charge in [0.1, 0.15) is 0 Å². The van der Waals surface area contributed by atoms with Crippen LogP contribution in [0.25, 0.3) is 11.1 Å². The normalized spacial score (nSPS) is 11.1. The molecule has 2 aromatic rings. The molecule has 2 aromatic carbocycles. The van der Waals surface area contributed by atoms with E-state index in [1.807, 2.05) is 5.92 Å². The van der Waals surface area contributed by atoms with Gasteiger partial charge < -0.3 is 0 Å². The molecule has 0 radical (unpaired) electrons. The molecular formula is C15H8ClF3. The number of halogens is 4. The second-order valence-electron chi connectivity index (χ2n) is 3.91. The molecular weight excluding hydrogens is 273 g/mol. The van der Waals surface area contributed by atoms with Gasteiger partial charge in [0.05, 0.1) is 5.56 Å². The number of rotatable bonds is 1. The van der Waals surface area contributed by atoms with Crippen LogP contribution in [0.1, 0.15) is 11.1 Å². The van der Waals surface area contributed by atoms with Crippen LogP contribution in [0.3, 0.4) is 0 Å². The van der Waals surface area contributed by atoms with Gasteiger partial charge in [0.2, 0.25) is 0 Å². The molecule has 2 rings (SSSR count). The maximum atomic E-state index is 12.9. The van der Waals surface area contributed by atoms with Crippen LogP contribution in [-0.2, 0) is 6.18 Å². The Morgan fingerprint density at radius 2 is 1.68 bits per heavy atom. The topological polar surface area (TPSA) is 0 Å². The van der Waals surface area contributed by atoms with Crippen molar-refractivity contribution in [1.82, 2.24) is 0 Å². The quantitative estimate of drug-likeness (QED) is 0.644. The van der Waals surface area contributed by atoms with Gasteiger partial charge in [-0.15, -0.1) is 6.42 Å². The van der Waals surface area contributed by atoms with Gasteiger partial charge in [0.15, 0.2) is 0 Å². The van der Waals surface area contributed by atoms with Crippen molar-refractivity contribution in [3.8, 4) is 23.5 Å². The zero-order chi connectivity index (χ0) is 14.0. The summed E-state index contributed by atoms with van der Waals surface area (Å²) in [6.45, 7) is 0. The third-order valence-electron chi connectivity index (χ3n) is 2.64. The van der Waals surface area contributed by atoms with Crippen LogP contribution in [0.4, 0.5) is 13.2 Å².